The number of rotatable bonds is 6. The molecule has 8 nitrogen and oxygen atoms in total. The van der Waals surface area contributed by atoms with Crippen molar-refractivity contribution in [1.29, 1.82) is 0 Å². The summed E-state index contributed by atoms with van der Waals surface area (Å²) in [5.41, 5.74) is 1.07. The van der Waals surface area contributed by atoms with Crippen molar-refractivity contribution in [2.75, 3.05) is 30.8 Å². The third kappa shape index (κ3) is 3.72. The number of aromatic nitrogens is 6. The third-order valence-corrected chi connectivity index (χ3v) is 4.44. The van der Waals surface area contributed by atoms with E-state index in [4.69, 9.17) is 4.74 Å². The second-order valence-corrected chi connectivity index (χ2v) is 6.21. The molecule has 0 aliphatic carbocycles. The van der Waals surface area contributed by atoms with E-state index in [1.807, 2.05) is 20.0 Å². The molecule has 9 heteroatoms. The molecule has 1 N–H and O–H groups in total. The van der Waals surface area contributed by atoms with E-state index in [-0.39, 0.29) is 0 Å². The lowest BCUT2D eigenvalue weighted by Gasteiger charge is -2.11. The zero-order valence-corrected chi connectivity index (χ0v) is 13.5. The lowest BCUT2D eigenvalue weighted by atomic mass is 10.0. The van der Waals surface area contributed by atoms with Crippen LogP contribution in [0.4, 0.5) is 5.82 Å². The number of nitrogens with zero attached hydrogens (tertiary/aromatic N) is 6. The van der Waals surface area contributed by atoms with Gasteiger partial charge in [0.2, 0.25) is 5.16 Å². The molecule has 0 bridgehead atoms. The van der Waals surface area contributed by atoms with Gasteiger partial charge in [-0.3, -0.25) is 0 Å². The molecule has 3 rings (SSSR count). The summed E-state index contributed by atoms with van der Waals surface area (Å²) >= 11 is 1.61. The number of hydrogen-bond acceptors (Lipinski definition) is 8. The number of hydrogen-bond donors (Lipinski definition) is 1. The van der Waals surface area contributed by atoms with Crippen molar-refractivity contribution in [2.24, 2.45) is 7.05 Å². The van der Waals surface area contributed by atoms with Crippen LogP contribution in [-0.4, -0.2) is 55.7 Å². The summed E-state index contributed by atoms with van der Waals surface area (Å²) in [5, 5.41) is 15.5. The number of nitrogens with one attached hydrogen (secondary N) is 1. The molecule has 1 aliphatic rings. The molecule has 1 unspecified atom stereocenters. The second-order valence-electron chi connectivity index (χ2n) is 5.15. The smallest absolute Gasteiger partial charge is 0.209 e. The first-order chi connectivity index (χ1) is 10.7. The number of anilines is 1. The van der Waals surface area contributed by atoms with Gasteiger partial charge >= 0.3 is 0 Å². The first kappa shape index (κ1) is 15.2. The monoisotopic (exact) mass is 321 g/mol. The molecule has 2 aromatic heterocycles. The van der Waals surface area contributed by atoms with Crippen molar-refractivity contribution in [3.8, 4) is 0 Å². The fraction of sp³-hybridized carbons (Fsp3) is 0.615. The van der Waals surface area contributed by atoms with Crippen molar-refractivity contribution >= 4 is 17.6 Å². The fourth-order valence-electron chi connectivity index (χ4n) is 2.32. The van der Waals surface area contributed by atoms with Crippen LogP contribution >= 0.6 is 11.8 Å². The highest BCUT2D eigenvalue weighted by atomic mass is 32.2. The Balaban J connectivity index is 1.54. The van der Waals surface area contributed by atoms with E-state index in [1.165, 1.54) is 0 Å². The van der Waals surface area contributed by atoms with Crippen LogP contribution in [0.15, 0.2) is 11.2 Å². The van der Waals surface area contributed by atoms with Gasteiger partial charge in [0.05, 0.1) is 12.3 Å². The van der Waals surface area contributed by atoms with Gasteiger partial charge in [-0.25, -0.2) is 14.6 Å². The number of thioether (sulfide) groups is 1. The van der Waals surface area contributed by atoms with Crippen LogP contribution in [0.3, 0.4) is 0 Å². The largest absolute Gasteiger partial charge is 0.381 e. The predicted molar refractivity (Wildman–Crippen MR) is 83.0 cm³/mol. The van der Waals surface area contributed by atoms with Gasteiger partial charge in [-0.2, -0.15) is 0 Å². The standard InChI is InChI=1S/C13H19N7OS/c1-9-15-11(10-3-5-21-8-10)7-12(16-9)14-4-6-22-13-17-18-19-20(13)2/h7,10H,3-6,8H2,1-2H3,(H,14,15,16). The lowest BCUT2D eigenvalue weighted by molar-refractivity contribution is 0.193. The highest BCUT2D eigenvalue weighted by molar-refractivity contribution is 7.99. The lowest BCUT2D eigenvalue weighted by Crippen LogP contribution is -2.10. The molecule has 0 spiro atoms. The van der Waals surface area contributed by atoms with E-state index in [2.05, 4.69) is 30.8 Å². The Kier molecular flexibility index (Phi) is 4.84. The first-order valence-electron chi connectivity index (χ1n) is 7.25. The normalized spacial score (nSPS) is 17.8. The quantitative estimate of drug-likeness (QED) is 0.623. The van der Waals surface area contributed by atoms with Crippen LogP contribution in [0.2, 0.25) is 0 Å². The summed E-state index contributed by atoms with van der Waals surface area (Å²) in [7, 11) is 1.83. The molecule has 1 atom stereocenters. The van der Waals surface area contributed by atoms with E-state index in [0.717, 1.165) is 54.4 Å². The number of tetrazole rings is 1. The molecule has 3 heterocycles. The Hall–Kier alpha value is -1.74. The van der Waals surface area contributed by atoms with Gasteiger partial charge in [0, 0.05) is 37.9 Å². The average molecular weight is 321 g/mol. The highest BCUT2D eigenvalue weighted by Gasteiger charge is 2.20. The van der Waals surface area contributed by atoms with Gasteiger partial charge in [0.15, 0.2) is 0 Å². The molecular weight excluding hydrogens is 302 g/mol. The summed E-state index contributed by atoms with van der Waals surface area (Å²) in [6.07, 6.45) is 1.03. The van der Waals surface area contributed by atoms with Crippen LogP contribution in [-0.2, 0) is 11.8 Å². The average Bonchev–Trinajstić information content (AvgIpc) is 3.15. The summed E-state index contributed by atoms with van der Waals surface area (Å²) < 4.78 is 7.10. The predicted octanol–water partition coefficient (Wildman–Crippen LogP) is 1.02. The van der Waals surface area contributed by atoms with Crippen LogP contribution in [0.1, 0.15) is 23.9 Å². The zero-order chi connectivity index (χ0) is 15.4. The summed E-state index contributed by atoms with van der Waals surface area (Å²) in [5.74, 6) is 2.91. The van der Waals surface area contributed by atoms with Gasteiger partial charge < -0.3 is 10.1 Å². The fourth-order valence-corrected chi connectivity index (χ4v) is 3.03. The Bertz CT molecular complexity index is 627. The minimum atomic E-state index is 0.390. The van der Waals surface area contributed by atoms with Crippen LogP contribution in [0, 0.1) is 6.92 Å². The van der Waals surface area contributed by atoms with Crippen molar-refractivity contribution in [1.82, 2.24) is 30.2 Å². The Morgan fingerprint density at radius 3 is 3.09 bits per heavy atom. The SMILES string of the molecule is Cc1nc(NCCSc2nnnn2C)cc(C2CCOC2)n1. The molecule has 22 heavy (non-hydrogen) atoms. The topological polar surface area (TPSA) is 90.6 Å². The van der Waals surface area contributed by atoms with Crippen molar-refractivity contribution < 1.29 is 4.74 Å². The number of ether oxygens (including phenoxy) is 1. The maximum atomic E-state index is 5.44. The zero-order valence-electron chi connectivity index (χ0n) is 12.7. The Morgan fingerprint density at radius 1 is 1.45 bits per heavy atom. The molecule has 1 fully saturated rings. The molecule has 0 radical (unpaired) electrons. The highest BCUT2D eigenvalue weighted by Crippen LogP contribution is 2.25. The molecule has 1 saturated heterocycles. The molecular formula is C13H19N7OS. The van der Waals surface area contributed by atoms with Gasteiger partial charge in [-0.05, 0) is 23.8 Å². The summed E-state index contributed by atoms with van der Waals surface area (Å²) in [4.78, 5) is 8.97. The van der Waals surface area contributed by atoms with Gasteiger partial charge in [0.25, 0.3) is 0 Å². The molecule has 0 saturated carbocycles. The minimum absolute atomic E-state index is 0.390. The maximum Gasteiger partial charge on any atom is 0.209 e. The van der Waals surface area contributed by atoms with E-state index < -0.39 is 0 Å². The van der Waals surface area contributed by atoms with Crippen LogP contribution in [0.5, 0.6) is 0 Å². The van der Waals surface area contributed by atoms with Gasteiger partial charge in [0.1, 0.15) is 11.6 Å². The van der Waals surface area contributed by atoms with Crippen LogP contribution < -0.4 is 5.32 Å². The van der Waals surface area contributed by atoms with E-state index in [9.17, 15) is 0 Å². The van der Waals surface area contributed by atoms with Crippen molar-refractivity contribution in [3.63, 3.8) is 0 Å². The summed E-state index contributed by atoms with van der Waals surface area (Å²) in [6.45, 7) is 4.28. The number of aryl methyl sites for hydroxylation is 2. The van der Waals surface area contributed by atoms with Crippen molar-refractivity contribution in [2.45, 2.75) is 24.4 Å². The molecule has 1 aliphatic heterocycles. The second kappa shape index (κ2) is 7.01. The molecule has 2 aromatic rings. The maximum absolute atomic E-state index is 5.44. The van der Waals surface area contributed by atoms with Crippen LogP contribution in [0.25, 0.3) is 0 Å². The van der Waals surface area contributed by atoms with Crippen molar-refractivity contribution in [3.05, 3.63) is 17.6 Å². The summed E-state index contributed by atoms with van der Waals surface area (Å²) in [6, 6.07) is 2.03. The van der Waals surface area contributed by atoms with Gasteiger partial charge in [-0.15, -0.1) is 5.10 Å². The third-order valence-electron chi connectivity index (χ3n) is 3.43. The Morgan fingerprint density at radius 2 is 2.36 bits per heavy atom. The van der Waals surface area contributed by atoms with E-state index >= 15 is 0 Å². The van der Waals surface area contributed by atoms with Gasteiger partial charge in [-0.1, -0.05) is 11.8 Å². The first-order valence-corrected chi connectivity index (χ1v) is 8.23. The minimum Gasteiger partial charge on any atom is -0.381 e. The molecule has 0 aromatic carbocycles. The molecule has 0 amide bonds. The Labute approximate surface area is 133 Å². The van der Waals surface area contributed by atoms with E-state index in [0.29, 0.717) is 5.92 Å². The van der Waals surface area contributed by atoms with E-state index in [1.54, 1.807) is 16.4 Å². The molecule has 118 valence electrons.